The molecule has 7 rings (SSSR count). The Hall–Kier alpha value is -4.40. The molecule has 7 aromatic rings. The summed E-state index contributed by atoms with van der Waals surface area (Å²) < 4.78 is 2.66. The van der Waals surface area contributed by atoms with Crippen molar-refractivity contribution < 1.29 is 0 Å². The molecule has 0 atom stereocenters. The molecule has 189 valence electrons. The number of fused-ring (bicyclic) bond motifs is 5. The van der Waals surface area contributed by atoms with E-state index in [1.54, 1.807) is 0 Å². The van der Waals surface area contributed by atoms with Crippen LogP contribution in [-0.4, -0.2) is 7.28 Å². The van der Waals surface area contributed by atoms with E-state index in [1.807, 2.05) is 18.2 Å². The van der Waals surface area contributed by atoms with Gasteiger partial charge < -0.3 is 0 Å². The van der Waals surface area contributed by atoms with Crippen LogP contribution in [0.25, 0.3) is 69.5 Å². The molecule has 6 aromatic carbocycles. The monoisotopic (exact) mass is 527 g/mol. The van der Waals surface area contributed by atoms with Crippen molar-refractivity contribution in [3.8, 4) is 22.3 Å². The lowest BCUT2D eigenvalue weighted by molar-refractivity contribution is 1.62. The molecule has 0 unspecified atom stereocenters. The van der Waals surface area contributed by atoms with E-state index in [2.05, 4.69) is 148 Å². The summed E-state index contributed by atoms with van der Waals surface area (Å²) in [6.45, 7) is 4.22. The maximum Gasteiger partial charge on any atom is 0.137 e. The summed E-state index contributed by atoms with van der Waals surface area (Å²) in [6.07, 6.45) is 4.29. The van der Waals surface area contributed by atoms with Crippen molar-refractivity contribution in [2.24, 2.45) is 0 Å². The average Bonchev–Trinajstić information content (AvgIpc) is 3.37. The van der Waals surface area contributed by atoms with Gasteiger partial charge in [-0.3, -0.25) is 0 Å². The zero-order valence-electron chi connectivity index (χ0n) is 22.7. The van der Waals surface area contributed by atoms with Crippen molar-refractivity contribution in [2.45, 2.75) is 13.7 Å². The Morgan fingerprint density at radius 2 is 1.12 bits per heavy atom. The van der Waals surface area contributed by atoms with Gasteiger partial charge in [-0.05, 0) is 74.0 Å². The minimum Gasteiger partial charge on any atom is -0.135 e. The van der Waals surface area contributed by atoms with E-state index in [1.165, 1.54) is 75.1 Å². The number of allylic oxidation sites excluding steroid dienone is 3. The third-order valence-corrected chi connectivity index (χ3v) is 8.98. The smallest absolute Gasteiger partial charge is 0.135 e. The molecule has 0 spiro atoms. The predicted octanol–water partition coefficient (Wildman–Crippen LogP) is 11.4. The second-order valence-corrected chi connectivity index (χ2v) is 11.4. The Morgan fingerprint density at radius 1 is 0.575 bits per heavy atom. The fraction of sp³-hybridized carbons (Fsp3) is 0.0526. The molecule has 2 heteroatoms. The molecular formula is C38H28BS. The second kappa shape index (κ2) is 10.3. The molecule has 40 heavy (non-hydrogen) atoms. The highest BCUT2D eigenvalue weighted by Crippen LogP contribution is 2.45. The number of benzene rings is 6. The maximum absolute atomic E-state index is 2.40. The van der Waals surface area contributed by atoms with Crippen LogP contribution in [0, 0.1) is 0 Å². The third-order valence-electron chi connectivity index (χ3n) is 7.86. The number of thiophene rings is 1. The molecule has 0 amide bonds. The Balaban J connectivity index is 1.45. The Morgan fingerprint density at radius 3 is 1.75 bits per heavy atom. The molecule has 0 fully saturated rings. The van der Waals surface area contributed by atoms with Gasteiger partial charge in [-0.15, -0.1) is 17.3 Å². The van der Waals surface area contributed by atoms with Gasteiger partial charge in [-0.1, -0.05) is 122 Å². The van der Waals surface area contributed by atoms with Crippen LogP contribution in [0.2, 0.25) is 6.82 Å². The summed E-state index contributed by atoms with van der Waals surface area (Å²) in [5.74, 6) is 2.07. The van der Waals surface area contributed by atoms with Crippen LogP contribution < -0.4 is 0 Å². The van der Waals surface area contributed by atoms with Crippen molar-refractivity contribution in [1.29, 1.82) is 0 Å². The number of hydrogen-bond donors (Lipinski definition) is 0. The van der Waals surface area contributed by atoms with Gasteiger partial charge in [0.2, 0.25) is 0 Å². The van der Waals surface area contributed by atoms with Crippen LogP contribution >= 0.6 is 11.3 Å². The minimum absolute atomic E-state index is 1.25. The van der Waals surface area contributed by atoms with E-state index in [-0.39, 0.29) is 0 Å². The van der Waals surface area contributed by atoms with Crippen LogP contribution in [0.15, 0.2) is 133 Å². The number of rotatable bonds is 5. The zero-order chi connectivity index (χ0) is 27.1. The summed E-state index contributed by atoms with van der Waals surface area (Å²) in [6, 6.07) is 42.5. The van der Waals surface area contributed by atoms with E-state index in [0.29, 0.717) is 0 Å². The highest BCUT2D eigenvalue weighted by atomic mass is 32.1. The van der Waals surface area contributed by atoms with Gasteiger partial charge in [-0.25, -0.2) is 0 Å². The summed E-state index contributed by atoms with van der Waals surface area (Å²) in [7, 11) is 2.05. The van der Waals surface area contributed by atoms with Gasteiger partial charge in [0.25, 0.3) is 0 Å². The molecule has 0 bridgehead atoms. The third kappa shape index (κ3) is 4.17. The number of hydrogen-bond acceptors (Lipinski definition) is 1. The zero-order valence-corrected chi connectivity index (χ0v) is 23.5. The fourth-order valence-corrected chi connectivity index (χ4v) is 7.12. The van der Waals surface area contributed by atoms with Crippen molar-refractivity contribution in [1.82, 2.24) is 0 Å². The van der Waals surface area contributed by atoms with Crippen molar-refractivity contribution in [2.75, 3.05) is 0 Å². The SMILES string of the molecule is C[B]/C=C\C=C(/C)c1ccc2c(c1)sc1cc(-c3c4ccccc4c(-c4ccccc4)c4ccccc34)ccc12. The van der Waals surface area contributed by atoms with Crippen LogP contribution in [0.3, 0.4) is 0 Å². The predicted molar refractivity (Wildman–Crippen MR) is 180 cm³/mol. The van der Waals surface area contributed by atoms with Crippen LogP contribution in [0.4, 0.5) is 0 Å². The van der Waals surface area contributed by atoms with Crippen LogP contribution in [0.5, 0.6) is 0 Å². The summed E-state index contributed by atoms with van der Waals surface area (Å²) >= 11 is 1.89. The van der Waals surface area contributed by atoms with E-state index >= 15 is 0 Å². The lowest BCUT2D eigenvalue weighted by Gasteiger charge is -2.17. The molecule has 1 aromatic heterocycles. The molecule has 0 saturated heterocycles. The highest BCUT2D eigenvalue weighted by molar-refractivity contribution is 7.25. The Bertz CT molecular complexity index is 2040. The Labute approximate surface area is 240 Å². The van der Waals surface area contributed by atoms with Gasteiger partial charge in [0, 0.05) is 20.2 Å². The largest absolute Gasteiger partial charge is 0.137 e. The van der Waals surface area contributed by atoms with E-state index in [4.69, 9.17) is 0 Å². The molecule has 1 radical (unpaired) electrons. The standard InChI is InChI=1S/C38H28BS/c1-25(11-10-22-39-2)27-18-20-29-30-21-19-28(24-36(30)40-35(29)23-27)38-33-16-8-6-14-31(33)37(26-12-4-3-5-13-26)32-15-7-9-17-34(32)38/h3-24H,1-2H3/b22-10-,25-11+. The van der Waals surface area contributed by atoms with Crippen molar-refractivity contribution >= 4 is 65.9 Å². The molecule has 0 aliphatic rings. The molecule has 0 nitrogen and oxygen atoms in total. The van der Waals surface area contributed by atoms with Gasteiger partial charge in [0.15, 0.2) is 0 Å². The lowest BCUT2D eigenvalue weighted by Crippen LogP contribution is -1.90. The van der Waals surface area contributed by atoms with Crippen LogP contribution in [0.1, 0.15) is 12.5 Å². The molecule has 0 saturated carbocycles. The first-order valence-electron chi connectivity index (χ1n) is 13.8. The van der Waals surface area contributed by atoms with Crippen LogP contribution in [-0.2, 0) is 0 Å². The molecule has 1 heterocycles. The normalized spacial score (nSPS) is 12.3. The van der Waals surface area contributed by atoms with E-state index in [0.717, 1.165) is 0 Å². The average molecular weight is 528 g/mol. The molecule has 0 aliphatic heterocycles. The quantitative estimate of drug-likeness (QED) is 0.119. The first kappa shape index (κ1) is 24.6. The molecule has 0 N–H and O–H groups in total. The first-order chi connectivity index (χ1) is 19.7. The van der Waals surface area contributed by atoms with E-state index < -0.39 is 0 Å². The van der Waals surface area contributed by atoms with Crippen molar-refractivity contribution in [3.05, 3.63) is 139 Å². The topological polar surface area (TPSA) is 0 Å². The summed E-state index contributed by atoms with van der Waals surface area (Å²) in [5, 5.41) is 7.82. The second-order valence-electron chi connectivity index (χ2n) is 10.3. The Kier molecular flexibility index (Phi) is 6.34. The molecular weight excluding hydrogens is 499 g/mol. The lowest BCUT2D eigenvalue weighted by atomic mass is 9.82. The molecule has 0 aliphatic carbocycles. The van der Waals surface area contributed by atoms with Gasteiger partial charge in [-0.2, -0.15) is 0 Å². The van der Waals surface area contributed by atoms with Crippen molar-refractivity contribution in [3.63, 3.8) is 0 Å². The fourth-order valence-electron chi connectivity index (χ4n) is 5.94. The van der Waals surface area contributed by atoms with Gasteiger partial charge in [0.05, 0.1) is 0 Å². The van der Waals surface area contributed by atoms with Gasteiger partial charge in [0.1, 0.15) is 7.28 Å². The van der Waals surface area contributed by atoms with Gasteiger partial charge >= 0.3 is 0 Å². The first-order valence-corrected chi connectivity index (χ1v) is 14.6. The van der Waals surface area contributed by atoms with E-state index in [9.17, 15) is 0 Å². The maximum atomic E-state index is 2.40. The summed E-state index contributed by atoms with van der Waals surface area (Å²) in [4.78, 5) is 0. The highest BCUT2D eigenvalue weighted by Gasteiger charge is 2.17. The summed E-state index contributed by atoms with van der Waals surface area (Å²) in [5.41, 5.74) is 7.68. The minimum atomic E-state index is 1.25.